The fraction of sp³-hybridized carbons (Fsp3) is 0. The van der Waals surface area contributed by atoms with Gasteiger partial charge in [-0.3, -0.25) is 4.98 Å². The number of aromatic nitrogens is 1. The number of nitrogens with zero attached hydrogens (tertiary/aromatic N) is 1. The van der Waals surface area contributed by atoms with E-state index in [1.807, 2.05) is 12.1 Å². The van der Waals surface area contributed by atoms with Gasteiger partial charge in [0.1, 0.15) is 0 Å². The van der Waals surface area contributed by atoms with Crippen molar-refractivity contribution in [1.29, 1.82) is 5.41 Å². The van der Waals surface area contributed by atoms with Crippen molar-refractivity contribution >= 4 is 28.8 Å². The third-order valence-electron chi connectivity index (χ3n) is 3.53. The molecule has 22 heavy (non-hydrogen) atoms. The van der Waals surface area contributed by atoms with Crippen molar-refractivity contribution in [2.45, 2.75) is 0 Å². The topological polar surface area (TPSA) is 100 Å². The molecule has 1 heterocycles. The number of fused-ring (bicyclic) bond motifs is 1. The van der Waals surface area contributed by atoms with Crippen LogP contribution in [0.4, 0.5) is 5.69 Å². The summed E-state index contributed by atoms with van der Waals surface area (Å²) < 4.78 is 0. The molecule has 108 valence electrons. The highest BCUT2D eigenvalue weighted by Crippen LogP contribution is 2.33. The molecule has 0 spiro atoms. The largest absolute Gasteiger partial charge is 0.478 e. The molecule has 4 N–H and O–H groups in total. The molecule has 2 aromatic carbocycles. The Labute approximate surface area is 126 Å². The van der Waals surface area contributed by atoms with Gasteiger partial charge in [0.2, 0.25) is 0 Å². The first kappa shape index (κ1) is 13.8. The SMILES string of the molecule is N=Cc1ccc(N)c(-c2ccc(C(=O)O)c3ncccc23)c1. The van der Waals surface area contributed by atoms with Crippen molar-refractivity contribution in [2.24, 2.45) is 0 Å². The van der Waals surface area contributed by atoms with E-state index in [0.29, 0.717) is 11.2 Å². The highest BCUT2D eigenvalue weighted by molar-refractivity contribution is 6.08. The second kappa shape index (κ2) is 5.29. The Balaban J connectivity index is 2.36. The van der Waals surface area contributed by atoms with E-state index in [0.717, 1.165) is 22.1 Å². The summed E-state index contributed by atoms with van der Waals surface area (Å²) in [5.74, 6) is -1.02. The van der Waals surface area contributed by atoms with Gasteiger partial charge in [-0.2, -0.15) is 0 Å². The zero-order valence-electron chi connectivity index (χ0n) is 11.6. The molecule has 0 amide bonds. The molecule has 0 aliphatic rings. The lowest BCUT2D eigenvalue weighted by atomic mass is 9.95. The summed E-state index contributed by atoms with van der Waals surface area (Å²) in [6.45, 7) is 0. The summed E-state index contributed by atoms with van der Waals surface area (Å²) in [5, 5.41) is 17.4. The maximum Gasteiger partial charge on any atom is 0.337 e. The van der Waals surface area contributed by atoms with Crippen molar-refractivity contribution < 1.29 is 9.90 Å². The number of nitrogen functional groups attached to an aromatic ring is 1. The quantitative estimate of drug-likeness (QED) is 0.509. The minimum Gasteiger partial charge on any atom is -0.478 e. The van der Waals surface area contributed by atoms with E-state index in [1.165, 1.54) is 12.3 Å². The minimum atomic E-state index is -1.02. The summed E-state index contributed by atoms with van der Waals surface area (Å²) in [4.78, 5) is 15.5. The number of carboxylic acid groups (broad SMARTS) is 1. The van der Waals surface area contributed by atoms with Crippen LogP contribution in [-0.2, 0) is 0 Å². The van der Waals surface area contributed by atoms with E-state index in [9.17, 15) is 9.90 Å². The molecule has 3 aromatic rings. The van der Waals surface area contributed by atoms with E-state index < -0.39 is 5.97 Å². The van der Waals surface area contributed by atoms with Crippen LogP contribution in [0.1, 0.15) is 15.9 Å². The second-order valence-corrected chi connectivity index (χ2v) is 4.86. The van der Waals surface area contributed by atoms with Crippen LogP contribution >= 0.6 is 0 Å². The summed E-state index contributed by atoms with van der Waals surface area (Å²) in [6, 6.07) is 12.1. The first-order valence-electron chi connectivity index (χ1n) is 6.63. The monoisotopic (exact) mass is 291 g/mol. The Kier molecular flexibility index (Phi) is 3.31. The van der Waals surface area contributed by atoms with Gasteiger partial charge in [0, 0.05) is 29.0 Å². The molecule has 0 unspecified atom stereocenters. The fourth-order valence-corrected chi connectivity index (χ4v) is 2.48. The number of rotatable bonds is 3. The zero-order valence-corrected chi connectivity index (χ0v) is 11.6. The number of nitrogens with one attached hydrogen (secondary N) is 1. The van der Waals surface area contributed by atoms with Crippen LogP contribution in [0.15, 0.2) is 48.7 Å². The summed E-state index contributed by atoms with van der Waals surface area (Å²) in [7, 11) is 0. The van der Waals surface area contributed by atoms with E-state index in [1.54, 1.807) is 30.5 Å². The molecule has 5 heteroatoms. The van der Waals surface area contributed by atoms with Crippen LogP contribution in [0, 0.1) is 5.41 Å². The Morgan fingerprint density at radius 1 is 1.18 bits per heavy atom. The van der Waals surface area contributed by atoms with Crippen LogP contribution in [0.3, 0.4) is 0 Å². The van der Waals surface area contributed by atoms with Gasteiger partial charge in [-0.25, -0.2) is 4.79 Å². The van der Waals surface area contributed by atoms with Gasteiger partial charge in [0.05, 0.1) is 11.1 Å². The summed E-state index contributed by atoms with van der Waals surface area (Å²) >= 11 is 0. The van der Waals surface area contributed by atoms with Gasteiger partial charge in [-0.1, -0.05) is 18.2 Å². The molecule has 0 fully saturated rings. The Hall–Kier alpha value is -3.21. The van der Waals surface area contributed by atoms with E-state index in [2.05, 4.69) is 4.98 Å². The molecule has 0 radical (unpaired) electrons. The molecule has 3 rings (SSSR count). The number of benzene rings is 2. The molecular weight excluding hydrogens is 278 g/mol. The van der Waals surface area contributed by atoms with Gasteiger partial charge in [0.25, 0.3) is 0 Å². The molecular formula is C17H13N3O2. The van der Waals surface area contributed by atoms with Crippen LogP contribution in [0.25, 0.3) is 22.0 Å². The van der Waals surface area contributed by atoms with E-state index in [-0.39, 0.29) is 5.56 Å². The average molecular weight is 291 g/mol. The van der Waals surface area contributed by atoms with Gasteiger partial charge in [0.15, 0.2) is 0 Å². The highest BCUT2D eigenvalue weighted by Gasteiger charge is 2.14. The van der Waals surface area contributed by atoms with Crippen molar-refractivity contribution in [1.82, 2.24) is 4.98 Å². The second-order valence-electron chi connectivity index (χ2n) is 4.86. The lowest BCUT2D eigenvalue weighted by molar-refractivity contribution is 0.0699. The maximum absolute atomic E-state index is 11.3. The van der Waals surface area contributed by atoms with Crippen molar-refractivity contribution in [3.63, 3.8) is 0 Å². The Bertz CT molecular complexity index is 904. The molecule has 5 nitrogen and oxygen atoms in total. The first-order chi connectivity index (χ1) is 10.6. The summed E-state index contributed by atoms with van der Waals surface area (Å²) in [5.41, 5.74) is 9.48. The molecule has 1 aromatic heterocycles. The molecule has 0 aliphatic carbocycles. The highest BCUT2D eigenvalue weighted by atomic mass is 16.4. The van der Waals surface area contributed by atoms with Crippen LogP contribution in [0.5, 0.6) is 0 Å². The van der Waals surface area contributed by atoms with Crippen molar-refractivity contribution in [3.05, 3.63) is 59.8 Å². The van der Waals surface area contributed by atoms with Gasteiger partial charge < -0.3 is 16.2 Å². The molecule has 0 bridgehead atoms. The van der Waals surface area contributed by atoms with Gasteiger partial charge in [-0.15, -0.1) is 0 Å². The normalized spacial score (nSPS) is 10.5. The Morgan fingerprint density at radius 3 is 2.73 bits per heavy atom. The maximum atomic E-state index is 11.3. The van der Waals surface area contributed by atoms with Gasteiger partial charge >= 0.3 is 5.97 Å². The number of anilines is 1. The van der Waals surface area contributed by atoms with Crippen molar-refractivity contribution in [2.75, 3.05) is 5.73 Å². The minimum absolute atomic E-state index is 0.154. The number of aromatic carboxylic acids is 1. The molecule has 0 aliphatic heterocycles. The predicted octanol–water partition coefficient (Wildman–Crippen LogP) is 3.18. The lowest BCUT2D eigenvalue weighted by Crippen LogP contribution is -2.00. The average Bonchev–Trinajstić information content (AvgIpc) is 2.54. The standard InChI is InChI=1S/C17H13N3O2/c18-9-10-3-6-15(19)14(8-10)11-4-5-13(17(21)22)16-12(11)2-1-7-20-16/h1-9,18H,19H2,(H,21,22). The number of hydrogen-bond donors (Lipinski definition) is 3. The van der Waals surface area contributed by atoms with E-state index in [4.69, 9.17) is 11.1 Å². The number of carbonyl (C=O) groups is 1. The zero-order chi connectivity index (χ0) is 15.7. The van der Waals surface area contributed by atoms with Crippen molar-refractivity contribution in [3.8, 4) is 11.1 Å². The van der Waals surface area contributed by atoms with Crippen LogP contribution in [-0.4, -0.2) is 22.3 Å². The Morgan fingerprint density at radius 2 is 2.00 bits per heavy atom. The smallest absolute Gasteiger partial charge is 0.337 e. The van der Waals surface area contributed by atoms with E-state index >= 15 is 0 Å². The first-order valence-corrected chi connectivity index (χ1v) is 6.63. The third-order valence-corrected chi connectivity index (χ3v) is 3.53. The molecule has 0 saturated carbocycles. The fourth-order valence-electron chi connectivity index (χ4n) is 2.48. The van der Waals surface area contributed by atoms with Crippen LogP contribution < -0.4 is 5.73 Å². The number of hydrogen-bond acceptors (Lipinski definition) is 4. The third kappa shape index (κ3) is 2.18. The molecule has 0 saturated heterocycles. The predicted molar refractivity (Wildman–Crippen MR) is 86.4 cm³/mol. The number of pyridine rings is 1. The van der Waals surface area contributed by atoms with Crippen LogP contribution in [0.2, 0.25) is 0 Å². The molecule has 0 atom stereocenters. The van der Waals surface area contributed by atoms with Gasteiger partial charge in [-0.05, 0) is 35.4 Å². The number of carboxylic acids is 1. The number of nitrogens with two attached hydrogens (primary N) is 1. The lowest BCUT2D eigenvalue weighted by Gasteiger charge is -2.11. The summed E-state index contributed by atoms with van der Waals surface area (Å²) in [6.07, 6.45) is 2.81.